The summed E-state index contributed by atoms with van der Waals surface area (Å²) in [7, 11) is 0. The Kier molecular flexibility index (Phi) is 4.42. The van der Waals surface area contributed by atoms with Crippen molar-refractivity contribution in [3.8, 4) is 0 Å². The van der Waals surface area contributed by atoms with Gasteiger partial charge in [0.15, 0.2) is 0 Å². The standard InChI is InChI=1S/C15H23FN2O/c1-4-12-9-19-10(2)8-18(12)14-7-5-6-13(16)15(14)11(3)17/h5-7,10-12H,4,8-9,17H2,1-3H3. The lowest BCUT2D eigenvalue weighted by Gasteiger charge is -2.41. The van der Waals surface area contributed by atoms with Crippen molar-refractivity contribution < 1.29 is 9.13 Å². The van der Waals surface area contributed by atoms with Crippen molar-refractivity contribution in [1.29, 1.82) is 0 Å². The Labute approximate surface area is 114 Å². The number of hydrogen-bond donors (Lipinski definition) is 1. The van der Waals surface area contributed by atoms with E-state index in [0.29, 0.717) is 12.2 Å². The number of halogens is 1. The minimum atomic E-state index is -0.313. The summed E-state index contributed by atoms with van der Waals surface area (Å²) in [6, 6.07) is 5.17. The summed E-state index contributed by atoms with van der Waals surface area (Å²) in [6.45, 7) is 7.46. The lowest BCUT2D eigenvalue weighted by Crippen LogP contribution is -2.49. The summed E-state index contributed by atoms with van der Waals surface area (Å²) in [4.78, 5) is 2.25. The molecule has 0 spiro atoms. The number of hydrogen-bond acceptors (Lipinski definition) is 3. The molecule has 3 atom stereocenters. The van der Waals surface area contributed by atoms with Crippen LogP contribution in [0.2, 0.25) is 0 Å². The van der Waals surface area contributed by atoms with E-state index in [4.69, 9.17) is 10.5 Å². The van der Waals surface area contributed by atoms with Gasteiger partial charge in [0.05, 0.1) is 18.8 Å². The maximum Gasteiger partial charge on any atom is 0.130 e. The molecular weight excluding hydrogens is 243 g/mol. The van der Waals surface area contributed by atoms with Crippen molar-refractivity contribution >= 4 is 5.69 Å². The van der Waals surface area contributed by atoms with Crippen LogP contribution in [0.5, 0.6) is 0 Å². The van der Waals surface area contributed by atoms with Crippen LogP contribution >= 0.6 is 0 Å². The predicted molar refractivity (Wildman–Crippen MR) is 75.8 cm³/mol. The zero-order chi connectivity index (χ0) is 14.0. The number of benzene rings is 1. The Balaban J connectivity index is 2.41. The van der Waals surface area contributed by atoms with Gasteiger partial charge in [0.25, 0.3) is 0 Å². The van der Waals surface area contributed by atoms with Gasteiger partial charge in [0.1, 0.15) is 5.82 Å². The average molecular weight is 266 g/mol. The molecule has 1 heterocycles. The lowest BCUT2D eigenvalue weighted by atomic mass is 10.0. The molecule has 0 bridgehead atoms. The Hall–Kier alpha value is -1.13. The van der Waals surface area contributed by atoms with Crippen LogP contribution in [-0.2, 0) is 4.74 Å². The Morgan fingerprint density at radius 2 is 2.26 bits per heavy atom. The van der Waals surface area contributed by atoms with E-state index in [1.165, 1.54) is 6.07 Å². The lowest BCUT2D eigenvalue weighted by molar-refractivity contribution is 0.0298. The van der Waals surface area contributed by atoms with Gasteiger partial charge in [-0.2, -0.15) is 0 Å². The third-order valence-corrected chi connectivity index (χ3v) is 3.73. The molecule has 0 saturated carbocycles. The molecule has 4 heteroatoms. The summed E-state index contributed by atoms with van der Waals surface area (Å²) in [5.74, 6) is -0.221. The van der Waals surface area contributed by atoms with Crippen LogP contribution in [0.3, 0.4) is 0 Å². The van der Waals surface area contributed by atoms with E-state index >= 15 is 0 Å². The number of nitrogens with two attached hydrogens (primary N) is 1. The van der Waals surface area contributed by atoms with Crippen molar-refractivity contribution in [3.63, 3.8) is 0 Å². The Morgan fingerprint density at radius 1 is 1.53 bits per heavy atom. The van der Waals surface area contributed by atoms with Crippen molar-refractivity contribution in [2.75, 3.05) is 18.1 Å². The van der Waals surface area contributed by atoms with Gasteiger partial charge in [-0.05, 0) is 32.4 Å². The fraction of sp³-hybridized carbons (Fsp3) is 0.600. The Morgan fingerprint density at radius 3 is 2.89 bits per heavy atom. The Bertz CT molecular complexity index is 436. The highest BCUT2D eigenvalue weighted by Gasteiger charge is 2.28. The summed E-state index contributed by atoms with van der Waals surface area (Å²) in [5, 5.41) is 0. The van der Waals surface area contributed by atoms with Crippen LogP contribution in [0.15, 0.2) is 18.2 Å². The molecule has 1 aromatic carbocycles. The molecule has 3 nitrogen and oxygen atoms in total. The molecule has 1 fully saturated rings. The normalized spacial score (nSPS) is 25.4. The van der Waals surface area contributed by atoms with E-state index in [1.54, 1.807) is 6.07 Å². The van der Waals surface area contributed by atoms with Crippen LogP contribution < -0.4 is 10.6 Å². The highest BCUT2D eigenvalue weighted by atomic mass is 19.1. The molecule has 0 aliphatic carbocycles. The molecule has 0 aromatic heterocycles. The number of anilines is 1. The third-order valence-electron chi connectivity index (χ3n) is 3.73. The molecule has 3 unspecified atom stereocenters. The maximum absolute atomic E-state index is 14.0. The molecule has 0 amide bonds. The maximum atomic E-state index is 14.0. The summed E-state index contributed by atoms with van der Waals surface area (Å²) >= 11 is 0. The van der Waals surface area contributed by atoms with Crippen LogP contribution in [-0.4, -0.2) is 25.3 Å². The molecule has 0 radical (unpaired) electrons. The quantitative estimate of drug-likeness (QED) is 0.914. The minimum absolute atomic E-state index is 0.159. The van der Waals surface area contributed by atoms with Gasteiger partial charge in [-0.1, -0.05) is 13.0 Å². The van der Waals surface area contributed by atoms with Gasteiger partial charge in [0, 0.05) is 23.8 Å². The van der Waals surface area contributed by atoms with E-state index in [9.17, 15) is 4.39 Å². The van der Waals surface area contributed by atoms with Crippen molar-refractivity contribution in [1.82, 2.24) is 0 Å². The van der Waals surface area contributed by atoms with Crippen LogP contribution in [0.4, 0.5) is 10.1 Å². The highest BCUT2D eigenvalue weighted by Crippen LogP contribution is 2.31. The fourth-order valence-corrected chi connectivity index (χ4v) is 2.70. The van der Waals surface area contributed by atoms with Gasteiger partial charge >= 0.3 is 0 Å². The summed E-state index contributed by atoms with van der Waals surface area (Å²) < 4.78 is 19.7. The molecule has 106 valence electrons. The van der Waals surface area contributed by atoms with E-state index in [2.05, 4.69) is 11.8 Å². The van der Waals surface area contributed by atoms with E-state index in [-0.39, 0.29) is 24.0 Å². The molecular formula is C15H23FN2O. The van der Waals surface area contributed by atoms with Crippen molar-refractivity contribution in [3.05, 3.63) is 29.6 Å². The molecule has 19 heavy (non-hydrogen) atoms. The predicted octanol–water partition coefficient (Wildman–Crippen LogP) is 2.85. The molecule has 1 aliphatic rings. The van der Waals surface area contributed by atoms with Gasteiger partial charge in [-0.15, -0.1) is 0 Å². The summed E-state index contributed by atoms with van der Waals surface area (Å²) in [6.07, 6.45) is 1.13. The molecule has 1 aliphatic heterocycles. The number of morpholine rings is 1. The first-order chi connectivity index (χ1) is 9.04. The minimum Gasteiger partial charge on any atom is -0.375 e. The second kappa shape index (κ2) is 5.88. The second-order valence-corrected chi connectivity index (χ2v) is 5.32. The summed E-state index contributed by atoms with van der Waals surface area (Å²) in [5.41, 5.74) is 7.47. The van der Waals surface area contributed by atoms with Gasteiger partial charge < -0.3 is 15.4 Å². The first-order valence-corrected chi connectivity index (χ1v) is 6.96. The number of ether oxygens (including phenoxy) is 1. The third kappa shape index (κ3) is 2.90. The van der Waals surface area contributed by atoms with Crippen molar-refractivity contribution in [2.24, 2.45) is 5.73 Å². The number of rotatable bonds is 3. The van der Waals surface area contributed by atoms with Crippen LogP contribution in [0.1, 0.15) is 38.8 Å². The van der Waals surface area contributed by atoms with E-state index in [1.807, 2.05) is 19.9 Å². The topological polar surface area (TPSA) is 38.5 Å². The SMILES string of the molecule is CCC1COC(C)CN1c1cccc(F)c1C(C)N. The smallest absolute Gasteiger partial charge is 0.130 e. The van der Waals surface area contributed by atoms with Crippen LogP contribution in [0, 0.1) is 5.82 Å². The van der Waals surface area contributed by atoms with E-state index < -0.39 is 0 Å². The zero-order valence-corrected chi connectivity index (χ0v) is 11.9. The fourth-order valence-electron chi connectivity index (χ4n) is 2.70. The van der Waals surface area contributed by atoms with Gasteiger partial charge in [-0.25, -0.2) is 4.39 Å². The van der Waals surface area contributed by atoms with Crippen LogP contribution in [0.25, 0.3) is 0 Å². The van der Waals surface area contributed by atoms with Gasteiger partial charge in [0.2, 0.25) is 0 Å². The van der Waals surface area contributed by atoms with Gasteiger partial charge in [-0.3, -0.25) is 0 Å². The monoisotopic (exact) mass is 266 g/mol. The van der Waals surface area contributed by atoms with Crippen molar-refractivity contribution in [2.45, 2.75) is 45.4 Å². The molecule has 1 aromatic rings. The average Bonchev–Trinajstić information content (AvgIpc) is 2.37. The second-order valence-electron chi connectivity index (χ2n) is 5.32. The molecule has 2 N–H and O–H groups in total. The number of nitrogens with zero attached hydrogens (tertiary/aromatic N) is 1. The van der Waals surface area contributed by atoms with E-state index in [0.717, 1.165) is 18.7 Å². The molecule has 1 saturated heterocycles. The zero-order valence-electron chi connectivity index (χ0n) is 11.9. The highest BCUT2D eigenvalue weighted by molar-refractivity contribution is 5.56. The molecule has 2 rings (SSSR count). The first kappa shape index (κ1) is 14.3. The first-order valence-electron chi connectivity index (χ1n) is 6.96. The largest absolute Gasteiger partial charge is 0.375 e.